The molecule has 0 spiro atoms. The van der Waals surface area contributed by atoms with Gasteiger partial charge in [0.1, 0.15) is 12.4 Å². The lowest BCUT2D eigenvalue weighted by molar-refractivity contribution is 0.0434. The van der Waals surface area contributed by atoms with Crippen LogP contribution in [0.1, 0.15) is 46.0 Å². The Morgan fingerprint density at radius 2 is 1.50 bits per heavy atom. The largest absolute Gasteiger partial charge is 0.462 e. The third-order valence-corrected chi connectivity index (χ3v) is 3.41. The number of hydrogen-bond acceptors (Lipinski definition) is 4. The summed E-state index contributed by atoms with van der Waals surface area (Å²) < 4.78 is 23.8. The van der Waals surface area contributed by atoms with Crippen LogP contribution in [0.2, 0.25) is 0 Å². The summed E-state index contributed by atoms with van der Waals surface area (Å²) in [5.41, 5.74) is 0.524. The molecule has 0 bridgehead atoms. The van der Waals surface area contributed by atoms with Crippen LogP contribution in [-0.2, 0) is 16.1 Å². The fourth-order valence-electron chi connectivity index (χ4n) is 2.06. The Morgan fingerprint density at radius 3 is 2.12 bits per heavy atom. The summed E-state index contributed by atoms with van der Waals surface area (Å²) in [5.74, 6) is -1.71. The Bertz CT molecular complexity index is 712. The number of carbonyl (C=O) groups excluding carboxylic acids is 2. The molecule has 0 atom stereocenters. The van der Waals surface area contributed by atoms with Crippen LogP contribution in [-0.4, -0.2) is 18.5 Å². The van der Waals surface area contributed by atoms with E-state index >= 15 is 0 Å². The number of benzene rings is 2. The molecule has 0 N–H and O–H groups in total. The monoisotopic (exact) mass is 330 g/mol. The molecule has 0 unspecified atom stereocenters. The Morgan fingerprint density at radius 1 is 0.917 bits per heavy atom. The summed E-state index contributed by atoms with van der Waals surface area (Å²) in [6.07, 6.45) is 1.66. The van der Waals surface area contributed by atoms with E-state index in [1.165, 1.54) is 24.3 Å². The molecule has 0 heterocycles. The second kappa shape index (κ2) is 8.82. The van der Waals surface area contributed by atoms with Crippen molar-refractivity contribution < 1.29 is 23.5 Å². The van der Waals surface area contributed by atoms with Gasteiger partial charge in [-0.25, -0.2) is 14.0 Å². The maximum Gasteiger partial charge on any atom is 0.339 e. The Balaban J connectivity index is 2.06. The molecule has 0 aliphatic rings. The first-order valence-corrected chi connectivity index (χ1v) is 7.80. The SMILES string of the molecule is CCCCOC(=O)c1ccccc1C(=O)OCc1ccccc1F. The van der Waals surface area contributed by atoms with Crippen molar-refractivity contribution in [2.75, 3.05) is 6.61 Å². The Labute approximate surface area is 140 Å². The number of halogens is 1. The summed E-state index contributed by atoms with van der Waals surface area (Å²) in [6.45, 7) is 2.08. The number of unbranched alkanes of at least 4 members (excludes halogenated alkanes) is 1. The average molecular weight is 330 g/mol. The van der Waals surface area contributed by atoms with E-state index in [0.29, 0.717) is 6.61 Å². The van der Waals surface area contributed by atoms with Gasteiger partial charge in [-0.2, -0.15) is 0 Å². The highest BCUT2D eigenvalue weighted by atomic mass is 19.1. The zero-order valence-corrected chi connectivity index (χ0v) is 13.5. The molecule has 0 amide bonds. The maximum atomic E-state index is 13.6. The van der Waals surface area contributed by atoms with Gasteiger partial charge in [0, 0.05) is 5.56 Å². The number of ether oxygens (including phenoxy) is 2. The predicted molar refractivity (Wildman–Crippen MR) is 87.2 cm³/mol. The maximum absolute atomic E-state index is 13.6. The van der Waals surface area contributed by atoms with Crippen molar-refractivity contribution in [3.05, 3.63) is 71.0 Å². The lowest BCUT2D eigenvalue weighted by atomic mass is 10.1. The van der Waals surface area contributed by atoms with Crippen LogP contribution in [0.4, 0.5) is 4.39 Å². The number of hydrogen-bond donors (Lipinski definition) is 0. The molecule has 5 heteroatoms. The van der Waals surface area contributed by atoms with Crippen molar-refractivity contribution in [3.63, 3.8) is 0 Å². The highest BCUT2D eigenvalue weighted by molar-refractivity contribution is 6.03. The summed E-state index contributed by atoms with van der Waals surface area (Å²) in [5, 5.41) is 0. The first kappa shape index (κ1) is 17.7. The molecule has 0 radical (unpaired) electrons. The minimum absolute atomic E-state index is 0.107. The molecule has 2 rings (SSSR count). The van der Waals surface area contributed by atoms with Crippen LogP contribution in [0, 0.1) is 5.82 Å². The second-order valence-corrected chi connectivity index (χ2v) is 5.20. The van der Waals surface area contributed by atoms with Crippen LogP contribution in [0.25, 0.3) is 0 Å². The van der Waals surface area contributed by atoms with Gasteiger partial charge in [-0.15, -0.1) is 0 Å². The second-order valence-electron chi connectivity index (χ2n) is 5.20. The molecule has 2 aromatic rings. The van der Waals surface area contributed by atoms with Crippen molar-refractivity contribution in [3.8, 4) is 0 Å². The first-order valence-electron chi connectivity index (χ1n) is 7.80. The molecule has 0 saturated carbocycles. The van der Waals surface area contributed by atoms with Gasteiger partial charge in [-0.3, -0.25) is 0 Å². The van der Waals surface area contributed by atoms with Crippen molar-refractivity contribution in [2.45, 2.75) is 26.4 Å². The highest BCUT2D eigenvalue weighted by Crippen LogP contribution is 2.14. The fourth-order valence-corrected chi connectivity index (χ4v) is 2.06. The zero-order chi connectivity index (χ0) is 17.4. The molecule has 4 nitrogen and oxygen atoms in total. The van der Waals surface area contributed by atoms with Gasteiger partial charge in [0.2, 0.25) is 0 Å². The van der Waals surface area contributed by atoms with Gasteiger partial charge in [-0.05, 0) is 24.6 Å². The molecule has 0 fully saturated rings. The summed E-state index contributed by atoms with van der Waals surface area (Å²) in [7, 11) is 0. The van der Waals surface area contributed by atoms with Crippen molar-refractivity contribution >= 4 is 11.9 Å². The van der Waals surface area contributed by atoms with Gasteiger partial charge in [0.15, 0.2) is 0 Å². The van der Waals surface area contributed by atoms with E-state index in [4.69, 9.17) is 9.47 Å². The summed E-state index contributed by atoms with van der Waals surface area (Å²) in [6, 6.07) is 12.3. The number of rotatable bonds is 7. The first-order chi connectivity index (χ1) is 11.6. The van der Waals surface area contributed by atoms with E-state index in [1.54, 1.807) is 24.3 Å². The van der Waals surface area contributed by atoms with E-state index in [9.17, 15) is 14.0 Å². The van der Waals surface area contributed by atoms with Crippen LogP contribution < -0.4 is 0 Å². The zero-order valence-electron chi connectivity index (χ0n) is 13.5. The van der Waals surface area contributed by atoms with Gasteiger partial charge in [0.05, 0.1) is 17.7 Å². The summed E-state index contributed by atoms with van der Waals surface area (Å²) >= 11 is 0. The molecule has 126 valence electrons. The van der Waals surface area contributed by atoms with Gasteiger partial charge < -0.3 is 9.47 Å². The molecule has 0 aliphatic carbocycles. The topological polar surface area (TPSA) is 52.6 Å². The van der Waals surface area contributed by atoms with Gasteiger partial charge in [-0.1, -0.05) is 43.7 Å². The minimum Gasteiger partial charge on any atom is -0.462 e. The van der Waals surface area contributed by atoms with Crippen molar-refractivity contribution in [1.29, 1.82) is 0 Å². The molecule has 0 aromatic heterocycles. The fraction of sp³-hybridized carbons (Fsp3) is 0.263. The lowest BCUT2D eigenvalue weighted by Crippen LogP contribution is -2.14. The molecule has 2 aromatic carbocycles. The smallest absolute Gasteiger partial charge is 0.339 e. The van der Waals surface area contributed by atoms with Crippen molar-refractivity contribution in [2.24, 2.45) is 0 Å². The molecular weight excluding hydrogens is 311 g/mol. The number of carbonyl (C=O) groups is 2. The quantitative estimate of drug-likeness (QED) is 0.565. The van der Waals surface area contributed by atoms with Crippen LogP contribution in [0.15, 0.2) is 48.5 Å². The minimum atomic E-state index is -0.693. The highest BCUT2D eigenvalue weighted by Gasteiger charge is 2.19. The Kier molecular flexibility index (Phi) is 6.49. The van der Waals surface area contributed by atoms with Crippen molar-refractivity contribution in [1.82, 2.24) is 0 Å². The molecule has 24 heavy (non-hydrogen) atoms. The molecule has 0 saturated heterocycles. The van der Waals surface area contributed by atoms with Crippen LogP contribution >= 0.6 is 0 Å². The van der Waals surface area contributed by atoms with Gasteiger partial charge >= 0.3 is 11.9 Å². The van der Waals surface area contributed by atoms with E-state index in [-0.39, 0.29) is 23.3 Å². The van der Waals surface area contributed by atoms with Crippen LogP contribution in [0.3, 0.4) is 0 Å². The van der Waals surface area contributed by atoms with E-state index < -0.39 is 17.8 Å². The van der Waals surface area contributed by atoms with Crippen LogP contribution in [0.5, 0.6) is 0 Å². The predicted octanol–water partition coefficient (Wildman–Crippen LogP) is 4.14. The standard InChI is InChI=1S/C19H19FO4/c1-2-3-12-23-18(21)15-9-5-6-10-16(15)19(22)24-13-14-8-4-7-11-17(14)20/h4-11H,2-3,12-13H2,1H3. The number of esters is 2. The van der Waals surface area contributed by atoms with Gasteiger partial charge in [0.25, 0.3) is 0 Å². The average Bonchev–Trinajstić information content (AvgIpc) is 2.61. The third kappa shape index (κ3) is 4.65. The van der Waals surface area contributed by atoms with E-state index in [1.807, 2.05) is 6.92 Å². The Hall–Kier alpha value is -2.69. The van der Waals surface area contributed by atoms with E-state index in [2.05, 4.69) is 0 Å². The molecular formula is C19H19FO4. The normalized spacial score (nSPS) is 10.2. The molecule has 0 aliphatic heterocycles. The third-order valence-electron chi connectivity index (χ3n) is 3.41. The van der Waals surface area contributed by atoms with E-state index in [0.717, 1.165) is 12.8 Å². The lowest BCUT2D eigenvalue weighted by Gasteiger charge is -2.10. The summed E-state index contributed by atoms with van der Waals surface area (Å²) in [4.78, 5) is 24.3.